The third-order valence-corrected chi connectivity index (χ3v) is 2.15. The van der Waals surface area contributed by atoms with Gasteiger partial charge in [0.25, 0.3) is 0 Å². The van der Waals surface area contributed by atoms with E-state index in [-0.39, 0.29) is 29.3 Å². The summed E-state index contributed by atoms with van der Waals surface area (Å²) >= 11 is 11.3. The topological polar surface area (TPSA) is 55.2 Å². The second kappa shape index (κ2) is 3.06. The summed E-state index contributed by atoms with van der Waals surface area (Å²) in [6.45, 7) is 0.368. The number of rotatable bonds is 1. The molecule has 13 heavy (non-hydrogen) atoms. The Labute approximate surface area is 84.5 Å². The Kier molecular flexibility index (Phi) is 2.15. The first kappa shape index (κ1) is 9.15. The number of hydrogen-bond acceptors (Lipinski definition) is 4. The molecule has 4 nitrogen and oxygen atoms in total. The van der Waals surface area contributed by atoms with E-state index in [1.807, 2.05) is 0 Å². The first-order chi connectivity index (χ1) is 6.10. The average molecular weight is 221 g/mol. The molecular weight excluding hydrogens is 215 g/mol. The summed E-state index contributed by atoms with van der Waals surface area (Å²) in [5.41, 5.74) is -1.12. The predicted molar refractivity (Wildman–Crippen MR) is 46.8 cm³/mol. The van der Waals surface area contributed by atoms with E-state index in [4.69, 9.17) is 27.9 Å². The fourth-order valence-corrected chi connectivity index (χ4v) is 1.45. The van der Waals surface area contributed by atoms with Crippen LogP contribution in [0.2, 0.25) is 10.3 Å². The molecule has 1 fully saturated rings. The van der Waals surface area contributed by atoms with E-state index in [1.165, 1.54) is 6.07 Å². The highest BCUT2D eigenvalue weighted by Crippen LogP contribution is 2.28. The summed E-state index contributed by atoms with van der Waals surface area (Å²) in [7, 11) is 0. The zero-order valence-corrected chi connectivity index (χ0v) is 8.01. The molecule has 70 valence electrons. The Morgan fingerprint density at radius 1 is 1.31 bits per heavy atom. The zero-order chi connectivity index (χ0) is 9.47. The van der Waals surface area contributed by atoms with Gasteiger partial charge in [0.05, 0.1) is 13.2 Å². The number of aromatic nitrogens is 2. The monoisotopic (exact) mass is 220 g/mol. The second-order valence-electron chi connectivity index (χ2n) is 2.86. The van der Waals surface area contributed by atoms with Gasteiger partial charge in [-0.15, -0.1) is 0 Å². The van der Waals surface area contributed by atoms with Crippen molar-refractivity contribution in [1.29, 1.82) is 0 Å². The molecule has 0 saturated carbocycles. The normalized spacial score (nSPS) is 19.6. The van der Waals surface area contributed by atoms with Crippen molar-refractivity contribution < 1.29 is 9.84 Å². The fraction of sp³-hybridized carbons (Fsp3) is 0.429. The average Bonchev–Trinajstić information content (AvgIpc) is 1.98. The maximum absolute atomic E-state index is 9.76. The van der Waals surface area contributed by atoms with Gasteiger partial charge in [-0.25, -0.2) is 9.97 Å². The molecule has 0 bridgehead atoms. The number of halogens is 2. The minimum Gasteiger partial charge on any atom is -0.377 e. The Bertz CT molecular complexity index is 321. The van der Waals surface area contributed by atoms with E-state index < -0.39 is 5.60 Å². The molecule has 0 unspecified atom stereocenters. The third kappa shape index (κ3) is 1.62. The van der Waals surface area contributed by atoms with Crippen molar-refractivity contribution in [2.45, 2.75) is 5.60 Å². The van der Waals surface area contributed by atoms with Gasteiger partial charge in [-0.05, 0) is 0 Å². The van der Waals surface area contributed by atoms with Gasteiger partial charge < -0.3 is 9.84 Å². The second-order valence-corrected chi connectivity index (χ2v) is 3.64. The lowest BCUT2D eigenvalue weighted by Crippen LogP contribution is -2.47. The fourth-order valence-electron chi connectivity index (χ4n) is 1.02. The van der Waals surface area contributed by atoms with Gasteiger partial charge in [0.2, 0.25) is 0 Å². The van der Waals surface area contributed by atoms with Crippen LogP contribution in [0.3, 0.4) is 0 Å². The molecule has 6 heteroatoms. The van der Waals surface area contributed by atoms with Gasteiger partial charge in [-0.1, -0.05) is 23.2 Å². The van der Waals surface area contributed by atoms with Crippen molar-refractivity contribution in [3.63, 3.8) is 0 Å². The Hall–Kier alpha value is -0.420. The molecular formula is C7H6Cl2N2O2. The Morgan fingerprint density at radius 2 is 1.85 bits per heavy atom. The molecule has 1 aromatic heterocycles. The molecule has 1 aromatic rings. The summed E-state index contributed by atoms with van der Waals surface area (Å²) in [6, 6.07) is 1.41. The molecule has 2 rings (SSSR count). The molecule has 2 heterocycles. The van der Waals surface area contributed by atoms with Crippen LogP contribution < -0.4 is 0 Å². The van der Waals surface area contributed by atoms with Crippen molar-refractivity contribution >= 4 is 23.2 Å². The number of ether oxygens (including phenoxy) is 1. The van der Waals surface area contributed by atoms with E-state index in [0.717, 1.165) is 0 Å². The quantitative estimate of drug-likeness (QED) is 0.718. The maximum atomic E-state index is 9.76. The van der Waals surface area contributed by atoms with Crippen molar-refractivity contribution in [3.05, 3.63) is 22.2 Å². The lowest BCUT2D eigenvalue weighted by Gasteiger charge is -2.34. The molecule has 0 aromatic carbocycles. The zero-order valence-electron chi connectivity index (χ0n) is 6.50. The molecule has 0 amide bonds. The van der Waals surface area contributed by atoms with Gasteiger partial charge in [0.1, 0.15) is 10.3 Å². The molecule has 0 radical (unpaired) electrons. The molecule has 0 spiro atoms. The number of hydrogen-bond donors (Lipinski definition) is 1. The summed E-state index contributed by atoms with van der Waals surface area (Å²) in [5.74, 6) is 0.219. The van der Waals surface area contributed by atoms with Gasteiger partial charge in [-0.2, -0.15) is 0 Å². The van der Waals surface area contributed by atoms with Crippen LogP contribution in [-0.4, -0.2) is 28.3 Å². The standard InChI is InChI=1S/C7H6Cl2N2O2/c8-4-1-5(9)11-6(10-4)7(12)2-13-3-7/h1,12H,2-3H2. The summed E-state index contributed by atoms with van der Waals surface area (Å²) < 4.78 is 4.86. The van der Waals surface area contributed by atoms with Gasteiger partial charge in [0, 0.05) is 6.07 Å². The van der Waals surface area contributed by atoms with Gasteiger partial charge in [-0.3, -0.25) is 0 Å². The van der Waals surface area contributed by atoms with Crippen LogP contribution in [0, 0.1) is 0 Å². The Morgan fingerprint density at radius 3 is 2.23 bits per heavy atom. The molecule has 0 atom stereocenters. The number of nitrogens with zero attached hydrogens (tertiary/aromatic N) is 2. The van der Waals surface area contributed by atoms with E-state index >= 15 is 0 Å². The number of aliphatic hydroxyl groups is 1. The van der Waals surface area contributed by atoms with Gasteiger partial charge in [0.15, 0.2) is 11.4 Å². The van der Waals surface area contributed by atoms with Crippen LogP contribution in [0.4, 0.5) is 0 Å². The van der Waals surface area contributed by atoms with Crippen LogP contribution in [0.5, 0.6) is 0 Å². The van der Waals surface area contributed by atoms with Crippen LogP contribution in [0.25, 0.3) is 0 Å². The van der Waals surface area contributed by atoms with E-state index in [9.17, 15) is 5.11 Å². The molecule has 1 aliphatic heterocycles. The minimum atomic E-state index is -1.12. The summed E-state index contributed by atoms with van der Waals surface area (Å²) in [5, 5.41) is 10.2. The van der Waals surface area contributed by atoms with E-state index in [2.05, 4.69) is 9.97 Å². The van der Waals surface area contributed by atoms with Crippen molar-refractivity contribution in [3.8, 4) is 0 Å². The lowest BCUT2D eigenvalue weighted by molar-refractivity contribution is -0.189. The minimum absolute atomic E-state index is 0.184. The van der Waals surface area contributed by atoms with Crippen LogP contribution in [0.15, 0.2) is 6.07 Å². The van der Waals surface area contributed by atoms with Crippen LogP contribution >= 0.6 is 23.2 Å². The highest BCUT2D eigenvalue weighted by atomic mass is 35.5. The SMILES string of the molecule is OC1(c2nc(Cl)cc(Cl)n2)COC1. The third-order valence-electron chi connectivity index (χ3n) is 1.76. The van der Waals surface area contributed by atoms with E-state index in [0.29, 0.717) is 0 Å². The largest absolute Gasteiger partial charge is 0.377 e. The van der Waals surface area contributed by atoms with Crippen molar-refractivity contribution in [2.75, 3.05) is 13.2 Å². The van der Waals surface area contributed by atoms with Crippen molar-refractivity contribution in [1.82, 2.24) is 9.97 Å². The van der Waals surface area contributed by atoms with Gasteiger partial charge >= 0.3 is 0 Å². The molecule has 0 aliphatic carbocycles. The van der Waals surface area contributed by atoms with Crippen molar-refractivity contribution in [2.24, 2.45) is 0 Å². The predicted octanol–water partition coefficient (Wildman–Crippen LogP) is 1.00. The highest BCUT2D eigenvalue weighted by Gasteiger charge is 2.41. The maximum Gasteiger partial charge on any atom is 0.170 e. The summed E-state index contributed by atoms with van der Waals surface area (Å²) in [4.78, 5) is 7.74. The molecule has 1 aliphatic rings. The van der Waals surface area contributed by atoms with Crippen LogP contribution in [0.1, 0.15) is 5.82 Å². The Balaban J connectivity index is 2.39. The molecule has 1 saturated heterocycles. The first-order valence-corrected chi connectivity index (χ1v) is 4.36. The highest BCUT2D eigenvalue weighted by molar-refractivity contribution is 6.33. The summed E-state index contributed by atoms with van der Waals surface area (Å²) in [6.07, 6.45) is 0. The smallest absolute Gasteiger partial charge is 0.170 e. The molecule has 1 N–H and O–H groups in total. The first-order valence-electron chi connectivity index (χ1n) is 3.61. The van der Waals surface area contributed by atoms with E-state index in [1.54, 1.807) is 0 Å². The van der Waals surface area contributed by atoms with Crippen LogP contribution in [-0.2, 0) is 10.3 Å². The lowest BCUT2D eigenvalue weighted by atomic mass is 10.0.